The standard InChI is InChI=1S/C18H27N3O2/c1-12-14(16(22)20-18(5,6)11-17(2,3)4)21-10-8-9-13(23-7)15(21)19-12/h8-10H,11H2,1-7H3,(H,20,22). The highest BCUT2D eigenvalue weighted by molar-refractivity contribution is 5.95. The molecule has 0 spiro atoms. The first-order chi connectivity index (χ1) is 10.5. The molecule has 0 fully saturated rings. The van der Waals surface area contributed by atoms with Gasteiger partial charge in [0, 0.05) is 11.7 Å². The quantitative estimate of drug-likeness (QED) is 0.937. The van der Waals surface area contributed by atoms with Crippen molar-refractivity contribution in [3.05, 3.63) is 29.7 Å². The van der Waals surface area contributed by atoms with E-state index in [1.165, 1.54) is 0 Å². The first-order valence-corrected chi connectivity index (χ1v) is 7.88. The van der Waals surface area contributed by atoms with Crippen LogP contribution < -0.4 is 10.1 Å². The lowest BCUT2D eigenvalue weighted by Gasteiger charge is -2.33. The van der Waals surface area contributed by atoms with E-state index in [9.17, 15) is 4.79 Å². The van der Waals surface area contributed by atoms with E-state index in [2.05, 4.69) is 44.9 Å². The fraction of sp³-hybridized carbons (Fsp3) is 0.556. The fourth-order valence-corrected chi connectivity index (χ4v) is 3.33. The molecule has 126 valence electrons. The van der Waals surface area contributed by atoms with Crippen LogP contribution in [0.25, 0.3) is 5.65 Å². The molecule has 5 heteroatoms. The molecule has 0 unspecified atom stereocenters. The Labute approximate surface area is 138 Å². The fourth-order valence-electron chi connectivity index (χ4n) is 3.33. The Hall–Kier alpha value is -2.04. The second-order valence-electron chi connectivity index (χ2n) is 7.89. The van der Waals surface area contributed by atoms with Crippen molar-refractivity contribution in [1.29, 1.82) is 0 Å². The molecule has 2 aromatic rings. The van der Waals surface area contributed by atoms with E-state index in [-0.39, 0.29) is 16.9 Å². The predicted molar refractivity (Wildman–Crippen MR) is 92.1 cm³/mol. The molecule has 0 radical (unpaired) electrons. The summed E-state index contributed by atoms with van der Waals surface area (Å²) in [5.74, 6) is 0.543. The molecule has 0 saturated heterocycles. The monoisotopic (exact) mass is 317 g/mol. The highest BCUT2D eigenvalue weighted by Crippen LogP contribution is 2.28. The third-order valence-electron chi connectivity index (χ3n) is 3.65. The molecular weight excluding hydrogens is 290 g/mol. The SMILES string of the molecule is COc1cccn2c(C(=O)NC(C)(C)CC(C)(C)C)c(C)nc12. The van der Waals surface area contributed by atoms with Crippen molar-refractivity contribution in [3.8, 4) is 5.75 Å². The summed E-state index contributed by atoms with van der Waals surface area (Å²) < 4.78 is 7.12. The smallest absolute Gasteiger partial charge is 0.270 e. The third kappa shape index (κ3) is 3.84. The summed E-state index contributed by atoms with van der Waals surface area (Å²) in [6, 6.07) is 3.69. The van der Waals surface area contributed by atoms with E-state index in [1.807, 2.05) is 25.3 Å². The largest absolute Gasteiger partial charge is 0.493 e. The Morgan fingerprint density at radius 1 is 1.30 bits per heavy atom. The minimum atomic E-state index is -0.301. The average molecular weight is 317 g/mol. The number of carbonyl (C=O) groups is 1. The molecule has 2 aromatic heterocycles. The molecule has 0 bridgehead atoms. The number of aryl methyl sites for hydroxylation is 1. The van der Waals surface area contributed by atoms with Crippen LogP contribution in [0.3, 0.4) is 0 Å². The van der Waals surface area contributed by atoms with Crippen LogP contribution in [0.4, 0.5) is 0 Å². The van der Waals surface area contributed by atoms with E-state index in [1.54, 1.807) is 11.5 Å². The first kappa shape index (κ1) is 17.3. The van der Waals surface area contributed by atoms with E-state index < -0.39 is 0 Å². The molecule has 0 saturated carbocycles. The number of aromatic nitrogens is 2. The molecule has 1 amide bonds. The second kappa shape index (κ2) is 5.87. The van der Waals surface area contributed by atoms with Gasteiger partial charge in [-0.25, -0.2) is 4.98 Å². The maximum absolute atomic E-state index is 12.8. The van der Waals surface area contributed by atoms with Gasteiger partial charge in [-0.1, -0.05) is 20.8 Å². The number of hydrogen-bond acceptors (Lipinski definition) is 3. The summed E-state index contributed by atoms with van der Waals surface area (Å²) in [7, 11) is 1.60. The Morgan fingerprint density at radius 2 is 1.96 bits per heavy atom. The number of pyridine rings is 1. The Bertz CT molecular complexity index is 724. The molecule has 0 aliphatic heterocycles. The van der Waals surface area contributed by atoms with Gasteiger partial charge in [-0.05, 0) is 44.7 Å². The third-order valence-corrected chi connectivity index (χ3v) is 3.65. The van der Waals surface area contributed by atoms with E-state index in [0.29, 0.717) is 22.8 Å². The average Bonchev–Trinajstić information content (AvgIpc) is 2.70. The van der Waals surface area contributed by atoms with Crippen molar-refractivity contribution in [2.75, 3.05) is 7.11 Å². The van der Waals surface area contributed by atoms with Crippen LogP contribution in [-0.4, -0.2) is 27.9 Å². The molecule has 1 N–H and O–H groups in total. The zero-order valence-corrected chi connectivity index (χ0v) is 15.2. The number of fused-ring (bicyclic) bond motifs is 1. The Kier molecular flexibility index (Phi) is 4.42. The van der Waals surface area contributed by atoms with E-state index in [4.69, 9.17) is 4.74 Å². The van der Waals surface area contributed by atoms with Gasteiger partial charge in [0.15, 0.2) is 11.4 Å². The topological polar surface area (TPSA) is 55.6 Å². The number of nitrogens with zero attached hydrogens (tertiary/aromatic N) is 2. The van der Waals surface area contributed by atoms with E-state index in [0.717, 1.165) is 6.42 Å². The number of ether oxygens (including phenoxy) is 1. The van der Waals surface area contributed by atoms with Gasteiger partial charge in [0.1, 0.15) is 5.69 Å². The minimum absolute atomic E-state index is 0.113. The van der Waals surface area contributed by atoms with Gasteiger partial charge in [-0.3, -0.25) is 9.20 Å². The van der Waals surface area contributed by atoms with Gasteiger partial charge in [0.25, 0.3) is 5.91 Å². The lowest BCUT2D eigenvalue weighted by molar-refractivity contribution is 0.0884. The number of imidazole rings is 1. The zero-order valence-electron chi connectivity index (χ0n) is 15.2. The van der Waals surface area contributed by atoms with Crippen molar-refractivity contribution in [3.63, 3.8) is 0 Å². The van der Waals surface area contributed by atoms with Gasteiger partial charge in [-0.15, -0.1) is 0 Å². The van der Waals surface area contributed by atoms with Gasteiger partial charge in [0.05, 0.1) is 12.8 Å². The summed E-state index contributed by atoms with van der Waals surface area (Å²) in [4.78, 5) is 17.3. The number of hydrogen-bond donors (Lipinski definition) is 1. The molecule has 2 rings (SSSR count). The number of methoxy groups -OCH3 is 1. The second-order valence-corrected chi connectivity index (χ2v) is 7.89. The van der Waals surface area contributed by atoms with Crippen molar-refractivity contribution < 1.29 is 9.53 Å². The van der Waals surface area contributed by atoms with Gasteiger partial charge >= 0.3 is 0 Å². The molecule has 2 heterocycles. The lowest BCUT2D eigenvalue weighted by Crippen LogP contribution is -2.46. The summed E-state index contributed by atoms with van der Waals surface area (Å²) in [6.07, 6.45) is 2.72. The minimum Gasteiger partial charge on any atom is -0.493 e. The molecule has 0 aromatic carbocycles. The van der Waals surface area contributed by atoms with Crippen LogP contribution in [0, 0.1) is 12.3 Å². The highest BCUT2D eigenvalue weighted by Gasteiger charge is 2.29. The Morgan fingerprint density at radius 3 is 2.52 bits per heavy atom. The molecule has 5 nitrogen and oxygen atoms in total. The molecule has 0 aliphatic carbocycles. The highest BCUT2D eigenvalue weighted by atomic mass is 16.5. The number of nitrogens with one attached hydrogen (secondary N) is 1. The molecular formula is C18H27N3O2. The van der Waals surface area contributed by atoms with Gasteiger partial charge in [-0.2, -0.15) is 0 Å². The Balaban J connectivity index is 2.37. The van der Waals surface area contributed by atoms with Crippen molar-refractivity contribution in [2.24, 2.45) is 5.41 Å². The summed E-state index contributed by atoms with van der Waals surface area (Å²) >= 11 is 0. The maximum Gasteiger partial charge on any atom is 0.270 e. The van der Waals surface area contributed by atoms with Crippen LogP contribution in [0.15, 0.2) is 18.3 Å². The summed E-state index contributed by atoms with van der Waals surface area (Å²) in [5.41, 5.74) is 1.74. The van der Waals surface area contributed by atoms with Crippen molar-refractivity contribution in [1.82, 2.24) is 14.7 Å². The van der Waals surface area contributed by atoms with Gasteiger partial charge in [0.2, 0.25) is 0 Å². The van der Waals surface area contributed by atoms with Crippen molar-refractivity contribution in [2.45, 2.75) is 53.5 Å². The van der Waals surface area contributed by atoms with Crippen LogP contribution in [-0.2, 0) is 0 Å². The number of amides is 1. The number of rotatable bonds is 4. The summed E-state index contributed by atoms with van der Waals surface area (Å²) in [6.45, 7) is 12.5. The predicted octanol–water partition coefficient (Wildman–Crippen LogP) is 3.60. The molecule has 23 heavy (non-hydrogen) atoms. The maximum atomic E-state index is 12.8. The summed E-state index contributed by atoms with van der Waals surface area (Å²) in [5, 5.41) is 3.15. The number of carbonyl (C=O) groups excluding carboxylic acids is 1. The zero-order chi connectivity index (χ0) is 17.4. The molecule has 0 aliphatic rings. The normalized spacial score (nSPS) is 12.5. The van der Waals surface area contributed by atoms with E-state index >= 15 is 0 Å². The van der Waals surface area contributed by atoms with Crippen LogP contribution in [0.2, 0.25) is 0 Å². The van der Waals surface area contributed by atoms with Crippen molar-refractivity contribution >= 4 is 11.6 Å². The first-order valence-electron chi connectivity index (χ1n) is 7.88. The molecule has 0 atom stereocenters. The van der Waals surface area contributed by atoms with Crippen LogP contribution >= 0.6 is 0 Å². The van der Waals surface area contributed by atoms with Crippen LogP contribution in [0.1, 0.15) is 57.2 Å². The van der Waals surface area contributed by atoms with Gasteiger partial charge < -0.3 is 10.1 Å². The van der Waals surface area contributed by atoms with Crippen LogP contribution in [0.5, 0.6) is 5.75 Å². The lowest BCUT2D eigenvalue weighted by atomic mass is 9.82.